The number of hydrogen-bond donors (Lipinski definition) is 3. The summed E-state index contributed by atoms with van der Waals surface area (Å²) in [4.78, 5) is 24.5. The number of rotatable bonds is 5. The van der Waals surface area contributed by atoms with E-state index < -0.39 is 17.4 Å². The van der Waals surface area contributed by atoms with Crippen LogP contribution in [0.15, 0.2) is 24.3 Å². The van der Waals surface area contributed by atoms with Crippen molar-refractivity contribution in [1.82, 2.24) is 5.32 Å². The van der Waals surface area contributed by atoms with Crippen LogP contribution in [0.5, 0.6) is 0 Å². The van der Waals surface area contributed by atoms with Gasteiger partial charge in [0.1, 0.15) is 0 Å². The number of carbonyl (C=O) groups excluding carboxylic acids is 1. The maximum absolute atomic E-state index is 11.7. The van der Waals surface area contributed by atoms with Gasteiger partial charge in [-0.25, -0.2) is 4.79 Å². The molecule has 0 bridgehead atoms. The minimum absolute atomic E-state index is 0.0595. The lowest BCUT2D eigenvalue weighted by molar-refractivity contribution is -0.146. The first-order valence-electron chi connectivity index (χ1n) is 6.28. The zero-order valence-electron chi connectivity index (χ0n) is 12.2. The summed E-state index contributed by atoms with van der Waals surface area (Å²) < 4.78 is 0. The third-order valence-corrected chi connectivity index (χ3v) is 2.91. The molecule has 1 aromatic rings. The molecule has 0 atom stereocenters. The van der Waals surface area contributed by atoms with E-state index in [9.17, 15) is 9.59 Å². The first-order valence-corrected chi connectivity index (χ1v) is 6.28. The summed E-state index contributed by atoms with van der Waals surface area (Å²) in [5.41, 5.74) is 0.691. The van der Waals surface area contributed by atoms with Gasteiger partial charge >= 0.3 is 12.0 Å². The van der Waals surface area contributed by atoms with Crippen molar-refractivity contribution in [3.8, 4) is 0 Å². The van der Waals surface area contributed by atoms with Crippen LogP contribution < -0.4 is 15.5 Å². The SMILES string of the molecule is CN(C)c1ccc(NC(=O)NCC(C)(C)C(=O)O)cc1. The fourth-order valence-corrected chi connectivity index (χ4v) is 1.40. The Labute approximate surface area is 118 Å². The van der Waals surface area contributed by atoms with Crippen molar-refractivity contribution in [1.29, 1.82) is 0 Å². The minimum atomic E-state index is -0.994. The minimum Gasteiger partial charge on any atom is -0.481 e. The summed E-state index contributed by atoms with van der Waals surface area (Å²) >= 11 is 0. The number of urea groups is 1. The van der Waals surface area contributed by atoms with E-state index in [-0.39, 0.29) is 6.54 Å². The smallest absolute Gasteiger partial charge is 0.319 e. The van der Waals surface area contributed by atoms with Crippen LogP contribution in [0.4, 0.5) is 16.2 Å². The van der Waals surface area contributed by atoms with E-state index in [1.165, 1.54) is 0 Å². The van der Waals surface area contributed by atoms with Crippen molar-refractivity contribution < 1.29 is 14.7 Å². The van der Waals surface area contributed by atoms with Gasteiger partial charge in [0, 0.05) is 32.0 Å². The molecule has 0 aromatic heterocycles. The highest BCUT2D eigenvalue weighted by Gasteiger charge is 2.27. The van der Waals surface area contributed by atoms with Crippen molar-refractivity contribution in [3.63, 3.8) is 0 Å². The molecule has 0 aliphatic carbocycles. The van der Waals surface area contributed by atoms with Gasteiger partial charge in [0.2, 0.25) is 0 Å². The van der Waals surface area contributed by atoms with Gasteiger partial charge in [0.15, 0.2) is 0 Å². The van der Waals surface area contributed by atoms with Gasteiger partial charge in [-0.3, -0.25) is 4.79 Å². The molecule has 6 heteroatoms. The Hall–Kier alpha value is -2.24. The predicted octanol–water partition coefficient (Wildman–Crippen LogP) is 1.98. The average Bonchev–Trinajstić information content (AvgIpc) is 2.37. The lowest BCUT2D eigenvalue weighted by atomic mass is 9.94. The van der Waals surface area contributed by atoms with Crippen molar-refractivity contribution in [2.24, 2.45) is 5.41 Å². The monoisotopic (exact) mass is 279 g/mol. The molecule has 6 nitrogen and oxygen atoms in total. The maximum Gasteiger partial charge on any atom is 0.319 e. The fraction of sp³-hybridized carbons (Fsp3) is 0.429. The van der Waals surface area contributed by atoms with E-state index in [4.69, 9.17) is 5.11 Å². The molecule has 3 N–H and O–H groups in total. The summed E-state index contributed by atoms with van der Waals surface area (Å²) in [7, 11) is 3.87. The molecule has 0 aliphatic rings. The van der Waals surface area contributed by atoms with Gasteiger partial charge in [-0.15, -0.1) is 0 Å². The lowest BCUT2D eigenvalue weighted by Gasteiger charge is -2.19. The van der Waals surface area contributed by atoms with Crippen LogP contribution in [0, 0.1) is 5.41 Å². The van der Waals surface area contributed by atoms with Crippen LogP contribution in [0.2, 0.25) is 0 Å². The van der Waals surface area contributed by atoms with Gasteiger partial charge in [0.05, 0.1) is 5.41 Å². The Morgan fingerprint density at radius 2 is 1.75 bits per heavy atom. The second kappa shape index (κ2) is 6.27. The van der Waals surface area contributed by atoms with Gasteiger partial charge in [0.25, 0.3) is 0 Å². The number of benzene rings is 1. The summed E-state index contributed by atoms with van der Waals surface area (Å²) in [5, 5.41) is 14.2. The molecule has 0 saturated carbocycles. The van der Waals surface area contributed by atoms with Crippen LogP contribution in [0.3, 0.4) is 0 Å². The summed E-state index contributed by atoms with van der Waals surface area (Å²) in [6.07, 6.45) is 0. The van der Waals surface area contributed by atoms with Gasteiger partial charge in [-0.2, -0.15) is 0 Å². The second-order valence-electron chi connectivity index (χ2n) is 5.44. The first-order chi connectivity index (χ1) is 9.22. The maximum atomic E-state index is 11.7. The Kier molecular flexibility index (Phi) is 4.96. The van der Waals surface area contributed by atoms with E-state index in [0.29, 0.717) is 5.69 Å². The average molecular weight is 279 g/mol. The lowest BCUT2D eigenvalue weighted by Crippen LogP contribution is -2.40. The molecule has 1 aromatic carbocycles. The third-order valence-electron chi connectivity index (χ3n) is 2.91. The van der Waals surface area contributed by atoms with Gasteiger partial charge < -0.3 is 20.6 Å². The summed E-state index contributed by atoms with van der Waals surface area (Å²) in [6.45, 7) is 3.17. The van der Waals surface area contributed by atoms with Gasteiger partial charge in [-0.05, 0) is 38.1 Å². The molecule has 0 radical (unpaired) electrons. The molecular weight excluding hydrogens is 258 g/mol. The molecule has 110 valence electrons. The Balaban J connectivity index is 2.52. The first kappa shape index (κ1) is 15.8. The fourth-order valence-electron chi connectivity index (χ4n) is 1.40. The van der Waals surface area contributed by atoms with Crippen LogP contribution in [0.25, 0.3) is 0 Å². The number of aliphatic carboxylic acids is 1. The topological polar surface area (TPSA) is 81.7 Å². The van der Waals surface area contributed by atoms with E-state index in [0.717, 1.165) is 5.69 Å². The number of carbonyl (C=O) groups is 2. The molecule has 2 amide bonds. The standard InChI is InChI=1S/C14H21N3O3/c1-14(2,12(18)19)9-15-13(20)16-10-5-7-11(8-6-10)17(3)4/h5-8H,9H2,1-4H3,(H,18,19)(H2,15,16,20). The zero-order valence-corrected chi connectivity index (χ0v) is 12.2. The molecule has 0 unspecified atom stereocenters. The van der Waals surface area contributed by atoms with Crippen molar-refractivity contribution in [3.05, 3.63) is 24.3 Å². The summed E-state index contributed by atoms with van der Waals surface area (Å²) in [5.74, 6) is -0.951. The highest BCUT2D eigenvalue weighted by molar-refractivity contribution is 5.89. The number of carboxylic acids is 1. The highest BCUT2D eigenvalue weighted by atomic mass is 16.4. The Bertz CT molecular complexity index is 481. The number of hydrogen-bond acceptors (Lipinski definition) is 3. The number of anilines is 2. The number of amides is 2. The Morgan fingerprint density at radius 1 is 1.20 bits per heavy atom. The van der Waals surface area contributed by atoms with E-state index in [1.807, 2.05) is 31.1 Å². The molecule has 1 rings (SSSR count). The van der Waals surface area contributed by atoms with Crippen LogP contribution in [0.1, 0.15) is 13.8 Å². The molecule has 0 heterocycles. The highest BCUT2D eigenvalue weighted by Crippen LogP contribution is 2.16. The molecule has 0 spiro atoms. The van der Waals surface area contributed by atoms with Crippen LogP contribution in [-0.2, 0) is 4.79 Å². The van der Waals surface area contributed by atoms with E-state index in [2.05, 4.69) is 10.6 Å². The Morgan fingerprint density at radius 3 is 2.20 bits per heavy atom. The van der Waals surface area contributed by atoms with Crippen LogP contribution in [-0.4, -0.2) is 37.7 Å². The normalized spacial score (nSPS) is 10.8. The van der Waals surface area contributed by atoms with E-state index in [1.54, 1.807) is 26.0 Å². The second-order valence-corrected chi connectivity index (χ2v) is 5.44. The molecule has 0 saturated heterocycles. The van der Waals surface area contributed by atoms with Crippen LogP contribution >= 0.6 is 0 Å². The van der Waals surface area contributed by atoms with Crippen molar-refractivity contribution >= 4 is 23.4 Å². The molecular formula is C14H21N3O3. The predicted molar refractivity (Wildman–Crippen MR) is 79.2 cm³/mol. The summed E-state index contributed by atoms with van der Waals surface area (Å²) in [6, 6.07) is 6.93. The number of nitrogens with zero attached hydrogens (tertiary/aromatic N) is 1. The number of nitrogens with one attached hydrogen (secondary N) is 2. The molecule has 20 heavy (non-hydrogen) atoms. The molecule has 0 fully saturated rings. The van der Waals surface area contributed by atoms with Gasteiger partial charge in [-0.1, -0.05) is 0 Å². The zero-order chi connectivity index (χ0) is 15.3. The quantitative estimate of drug-likeness (QED) is 0.770. The van der Waals surface area contributed by atoms with Crippen molar-refractivity contribution in [2.75, 3.05) is 30.9 Å². The van der Waals surface area contributed by atoms with Crippen molar-refractivity contribution in [2.45, 2.75) is 13.8 Å². The molecule has 0 aliphatic heterocycles. The largest absolute Gasteiger partial charge is 0.481 e. The van der Waals surface area contributed by atoms with E-state index >= 15 is 0 Å². The third kappa shape index (κ3) is 4.46. The number of carboxylic acid groups (broad SMARTS) is 1.